The molecular weight excluding hydrogens is 490 g/mol. The van der Waals surface area contributed by atoms with Crippen LogP contribution in [0.1, 0.15) is 54.4 Å². The van der Waals surface area contributed by atoms with Crippen molar-refractivity contribution < 1.29 is 23.2 Å². The van der Waals surface area contributed by atoms with Gasteiger partial charge in [0.05, 0.1) is 5.92 Å². The number of nitrogens with one attached hydrogen (secondary N) is 2. The van der Waals surface area contributed by atoms with Crippen molar-refractivity contribution in [2.45, 2.75) is 43.8 Å². The van der Waals surface area contributed by atoms with E-state index in [0.29, 0.717) is 17.4 Å². The summed E-state index contributed by atoms with van der Waals surface area (Å²) in [5.74, 6) is 2.96. The normalized spacial score (nSPS) is 14.3. The Hall–Kier alpha value is -3.53. The molecule has 2 amide bonds. The number of rotatable bonds is 10. The summed E-state index contributed by atoms with van der Waals surface area (Å²) < 4.78 is 25.0. The first-order valence-corrected chi connectivity index (χ1v) is 13.9. The highest BCUT2D eigenvalue weighted by Gasteiger charge is 2.51. The first-order valence-electron chi connectivity index (χ1n) is 12.0. The van der Waals surface area contributed by atoms with Crippen molar-refractivity contribution in [3.63, 3.8) is 0 Å². The van der Waals surface area contributed by atoms with Gasteiger partial charge in [-0.05, 0) is 52.8 Å². The molecule has 0 saturated heterocycles. The zero-order valence-corrected chi connectivity index (χ0v) is 22.0. The van der Waals surface area contributed by atoms with Gasteiger partial charge in [0.25, 0.3) is 11.8 Å². The fraction of sp³-hybridized carbons (Fsp3) is 0.286. The van der Waals surface area contributed by atoms with Gasteiger partial charge in [-0.3, -0.25) is 20.2 Å². The number of allylic oxidation sites excluding steroid dienone is 1. The minimum absolute atomic E-state index is 0.0533. The second-order valence-corrected chi connectivity index (χ2v) is 11.3. The molecule has 0 aliphatic carbocycles. The van der Waals surface area contributed by atoms with Crippen LogP contribution in [0.3, 0.4) is 0 Å². The Kier molecular flexibility index (Phi) is 8.85. The number of benzene rings is 3. The topological polar surface area (TPSA) is 139 Å². The molecule has 3 rings (SSSR count). The fourth-order valence-electron chi connectivity index (χ4n) is 5.03. The molecule has 0 spiro atoms. The highest BCUT2D eigenvalue weighted by Crippen LogP contribution is 2.45. The third-order valence-electron chi connectivity index (χ3n) is 6.70. The third kappa shape index (κ3) is 5.44. The van der Waals surface area contributed by atoms with Gasteiger partial charge in [-0.15, -0.1) is 0 Å². The van der Waals surface area contributed by atoms with Crippen LogP contribution in [-0.4, -0.2) is 31.7 Å². The van der Waals surface area contributed by atoms with Crippen molar-refractivity contribution in [1.29, 1.82) is 0 Å². The second-order valence-electron chi connectivity index (χ2n) is 9.10. The van der Waals surface area contributed by atoms with Gasteiger partial charge in [-0.25, -0.2) is 19.7 Å². The molecule has 5 N–H and O–H groups in total. The van der Waals surface area contributed by atoms with E-state index in [1.807, 2.05) is 55.5 Å². The van der Waals surface area contributed by atoms with E-state index in [2.05, 4.69) is 5.43 Å². The average Bonchev–Trinajstić information content (AvgIpc) is 2.89. The number of hydrazine groups is 1. The molecule has 3 aromatic rings. The summed E-state index contributed by atoms with van der Waals surface area (Å²) in [5.41, 5.74) is 6.04. The van der Waals surface area contributed by atoms with Crippen LogP contribution in [0, 0.1) is 6.92 Å². The highest BCUT2D eigenvalue weighted by molar-refractivity contribution is 7.92. The Morgan fingerprint density at radius 1 is 1.08 bits per heavy atom. The number of carbonyl (C=O) groups excluding carboxylic acids is 2. The number of fused-ring (bicyclic) bond motifs is 1. The number of carbonyl (C=O) groups is 2. The van der Waals surface area contributed by atoms with Crippen LogP contribution in [0.2, 0.25) is 0 Å². The van der Waals surface area contributed by atoms with Crippen molar-refractivity contribution in [1.82, 2.24) is 10.9 Å². The van der Waals surface area contributed by atoms with Gasteiger partial charge in [-0.2, -0.15) is 0 Å². The Balaban J connectivity index is 2.41. The molecule has 0 aliphatic rings. The van der Waals surface area contributed by atoms with E-state index in [4.69, 9.17) is 5.84 Å². The molecule has 0 fully saturated rings. The van der Waals surface area contributed by atoms with E-state index in [-0.39, 0.29) is 18.4 Å². The quantitative estimate of drug-likeness (QED) is 0.138. The van der Waals surface area contributed by atoms with E-state index < -0.39 is 32.3 Å². The van der Waals surface area contributed by atoms with Crippen molar-refractivity contribution in [3.05, 3.63) is 89.0 Å². The molecule has 0 aliphatic heterocycles. The summed E-state index contributed by atoms with van der Waals surface area (Å²) in [6.07, 6.45) is 5.08. The van der Waals surface area contributed by atoms with Gasteiger partial charge in [0, 0.05) is 6.26 Å². The minimum atomic E-state index is -4.11. The predicted octanol–water partition coefficient (Wildman–Crippen LogP) is 3.87. The first-order chi connectivity index (χ1) is 17.6. The van der Waals surface area contributed by atoms with Gasteiger partial charge in [-0.1, -0.05) is 86.2 Å². The maximum absolute atomic E-state index is 13.5. The highest BCUT2D eigenvalue weighted by atomic mass is 32.2. The predicted molar refractivity (Wildman–Crippen MR) is 145 cm³/mol. The fourth-order valence-corrected chi connectivity index (χ4v) is 6.60. The van der Waals surface area contributed by atoms with Crippen LogP contribution < -0.4 is 16.7 Å². The lowest BCUT2D eigenvalue weighted by atomic mass is 9.78. The Labute approximate surface area is 217 Å². The maximum atomic E-state index is 13.5. The monoisotopic (exact) mass is 523 g/mol. The molecule has 0 bridgehead atoms. The molecule has 2 atom stereocenters. The number of amides is 2. The molecule has 0 radical (unpaired) electrons. The minimum Gasteiger partial charge on any atom is -0.293 e. The molecule has 37 heavy (non-hydrogen) atoms. The van der Waals surface area contributed by atoms with E-state index in [9.17, 15) is 23.2 Å². The molecule has 0 unspecified atom stereocenters. The van der Waals surface area contributed by atoms with Crippen LogP contribution in [0.25, 0.3) is 16.8 Å². The van der Waals surface area contributed by atoms with E-state index >= 15 is 0 Å². The maximum Gasteiger partial charge on any atom is 0.259 e. The van der Waals surface area contributed by atoms with E-state index in [0.717, 1.165) is 22.8 Å². The zero-order valence-electron chi connectivity index (χ0n) is 21.2. The van der Waals surface area contributed by atoms with Gasteiger partial charge >= 0.3 is 0 Å². The summed E-state index contributed by atoms with van der Waals surface area (Å²) in [6.45, 7) is 3.63. The van der Waals surface area contributed by atoms with Crippen molar-refractivity contribution >= 4 is 38.5 Å². The molecular formula is C28H33N3O5S. The van der Waals surface area contributed by atoms with Crippen molar-refractivity contribution in [2.75, 3.05) is 6.26 Å². The van der Waals surface area contributed by atoms with Crippen LogP contribution in [0.4, 0.5) is 0 Å². The number of sulfone groups is 1. The standard InChI is InChI=1S/C28H33N3O5S/c1-4-17-28(27(33)30-29,37(3,35)36)25-22-15-9-8-14-21(22)19(2)18-24(25)23(26(32)31-34)16-10-13-20-11-6-5-7-12-20/h5-15,18,23,34H,4,16-17,29H2,1-3H3,(H,30,33)(H,31,32)/b13-10+/t23-,28+/m0/s1. The van der Waals surface area contributed by atoms with Gasteiger partial charge < -0.3 is 0 Å². The van der Waals surface area contributed by atoms with Crippen LogP contribution in [0.15, 0.2) is 66.7 Å². The lowest BCUT2D eigenvalue weighted by Crippen LogP contribution is -2.52. The van der Waals surface area contributed by atoms with Crippen LogP contribution in [0.5, 0.6) is 0 Å². The van der Waals surface area contributed by atoms with Crippen molar-refractivity contribution in [2.24, 2.45) is 5.84 Å². The Bertz CT molecular complexity index is 1420. The lowest BCUT2D eigenvalue weighted by Gasteiger charge is -2.35. The molecule has 9 heteroatoms. The molecule has 8 nitrogen and oxygen atoms in total. The molecule has 0 heterocycles. The van der Waals surface area contributed by atoms with Crippen molar-refractivity contribution in [3.8, 4) is 0 Å². The second kappa shape index (κ2) is 11.7. The average molecular weight is 524 g/mol. The largest absolute Gasteiger partial charge is 0.293 e. The zero-order chi connectivity index (χ0) is 27.2. The lowest BCUT2D eigenvalue weighted by molar-refractivity contribution is -0.131. The third-order valence-corrected chi connectivity index (χ3v) is 8.56. The van der Waals surface area contributed by atoms with Gasteiger partial charge in [0.15, 0.2) is 14.6 Å². The number of hydrogen-bond acceptors (Lipinski definition) is 6. The van der Waals surface area contributed by atoms with E-state index in [1.165, 1.54) is 0 Å². The van der Waals surface area contributed by atoms with Gasteiger partial charge in [0.2, 0.25) is 0 Å². The molecule has 0 saturated carbocycles. The first kappa shape index (κ1) is 28.0. The van der Waals surface area contributed by atoms with Crippen LogP contribution in [-0.2, 0) is 24.2 Å². The number of hydrogen-bond donors (Lipinski definition) is 4. The summed E-state index contributed by atoms with van der Waals surface area (Å²) in [7, 11) is -4.11. The molecule has 196 valence electrons. The summed E-state index contributed by atoms with van der Waals surface area (Å²) >= 11 is 0. The Morgan fingerprint density at radius 2 is 1.70 bits per heavy atom. The summed E-state index contributed by atoms with van der Waals surface area (Å²) in [4.78, 5) is 26.5. The van der Waals surface area contributed by atoms with Gasteiger partial charge in [0.1, 0.15) is 0 Å². The SMILES string of the molecule is CCC[C@](C(=O)NN)(c1c([C@H](C/C=C/c2ccccc2)C(=O)NO)cc(C)c2ccccc12)S(C)(=O)=O. The van der Waals surface area contributed by atoms with Crippen LogP contribution >= 0.6 is 0 Å². The number of hydroxylamine groups is 1. The number of nitrogens with two attached hydrogens (primary N) is 1. The summed E-state index contributed by atoms with van der Waals surface area (Å²) in [6, 6.07) is 18.4. The smallest absolute Gasteiger partial charge is 0.259 e. The number of aryl methyl sites for hydroxylation is 1. The van der Waals surface area contributed by atoms with E-state index in [1.54, 1.807) is 36.7 Å². The molecule has 3 aromatic carbocycles. The summed E-state index contributed by atoms with van der Waals surface area (Å²) in [5, 5.41) is 10.9. The molecule has 0 aromatic heterocycles. The Morgan fingerprint density at radius 3 is 2.27 bits per heavy atom.